The van der Waals surface area contributed by atoms with E-state index in [0.29, 0.717) is 0 Å². The second-order valence-electron chi connectivity index (χ2n) is 5.30. The van der Waals surface area contributed by atoms with Gasteiger partial charge in [-0.1, -0.05) is 36.4 Å². The van der Waals surface area contributed by atoms with E-state index in [-0.39, 0.29) is 24.3 Å². The number of hydrogen-bond acceptors (Lipinski definition) is 3. The maximum Gasteiger partial charge on any atom is 0.238 e. The molecule has 1 amide bonds. The summed E-state index contributed by atoms with van der Waals surface area (Å²) < 4.78 is 13.2. The lowest BCUT2D eigenvalue weighted by molar-refractivity contribution is -0.115. The molecule has 2 N–H and O–H groups in total. The molecule has 0 aliphatic carbocycles. The summed E-state index contributed by atoms with van der Waals surface area (Å²) in [5, 5.41) is 8.08. The lowest BCUT2D eigenvalue weighted by Gasteiger charge is -2.18. The molecule has 1 unspecified atom stereocenters. The molecule has 0 fully saturated rings. The van der Waals surface area contributed by atoms with Crippen molar-refractivity contribution < 1.29 is 9.18 Å². The molecule has 1 heterocycles. The first-order chi connectivity index (χ1) is 11.7. The molecule has 5 heteroatoms. The Hall–Kier alpha value is -2.50. The molecular formula is C19H17FN2OS. The van der Waals surface area contributed by atoms with E-state index in [9.17, 15) is 9.18 Å². The summed E-state index contributed by atoms with van der Waals surface area (Å²) in [6.45, 7) is 0.162. The molecule has 3 rings (SSSR count). The quantitative estimate of drug-likeness (QED) is 0.706. The summed E-state index contributed by atoms with van der Waals surface area (Å²) in [4.78, 5) is 13.2. The average Bonchev–Trinajstić information content (AvgIpc) is 3.12. The summed E-state index contributed by atoms with van der Waals surface area (Å²) in [6, 6.07) is 19.5. The Bertz CT molecular complexity index is 773. The number of amides is 1. The van der Waals surface area contributed by atoms with Crippen molar-refractivity contribution in [2.75, 3.05) is 11.9 Å². The van der Waals surface area contributed by atoms with Crippen LogP contribution in [-0.2, 0) is 4.79 Å². The smallest absolute Gasteiger partial charge is 0.238 e. The highest BCUT2D eigenvalue weighted by molar-refractivity contribution is 7.10. The van der Waals surface area contributed by atoms with Crippen LogP contribution in [0.15, 0.2) is 72.1 Å². The molecule has 0 radical (unpaired) electrons. The lowest BCUT2D eigenvalue weighted by Crippen LogP contribution is -2.31. The van der Waals surface area contributed by atoms with Gasteiger partial charge in [-0.3, -0.25) is 10.1 Å². The Morgan fingerprint density at radius 3 is 2.42 bits per heavy atom. The van der Waals surface area contributed by atoms with E-state index >= 15 is 0 Å². The minimum Gasteiger partial charge on any atom is -0.325 e. The summed E-state index contributed by atoms with van der Waals surface area (Å²) in [6.07, 6.45) is 0. The van der Waals surface area contributed by atoms with Crippen LogP contribution in [0.3, 0.4) is 0 Å². The Kier molecular flexibility index (Phi) is 5.36. The van der Waals surface area contributed by atoms with Gasteiger partial charge in [-0.15, -0.1) is 11.3 Å². The minimum absolute atomic E-state index is 0.120. The Morgan fingerprint density at radius 2 is 1.75 bits per heavy atom. The van der Waals surface area contributed by atoms with Crippen LogP contribution < -0.4 is 10.6 Å². The second-order valence-corrected chi connectivity index (χ2v) is 6.27. The number of rotatable bonds is 6. The number of carbonyl (C=O) groups excluding carboxylic acids is 1. The average molecular weight is 340 g/mol. The third-order valence-corrected chi connectivity index (χ3v) is 4.49. The fourth-order valence-corrected chi connectivity index (χ4v) is 3.24. The molecule has 0 aliphatic rings. The maximum absolute atomic E-state index is 13.2. The monoisotopic (exact) mass is 340 g/mol. The number of anilines is 1. The van der Waals surface area contributed by atoms with Gasteiger partial charge in [0.2, 0.25) is 5.91 Å². The van der Waals surface area contributed by atoms with Crippen LogP contribution in [-0.4, -0.2) is 12.5 Å². The summed E-state index contributed by atoms with van der Waals surface area (Å²) in [5.41, 5.74) is 1.69. The summed E-state index contributed by atoms with van der Waals surface area (Å²) >= 11 is 1.60. The number of para-hydroxylation sites is 1. The molecule has 0 saturated heterocycles. The van der Waals surface area contributed by atoms with E-state index in [1.165, 1.54) is 12.1 Å². The molecule has 2 aromatic carbocycles. The first kappa shape index (κ1) is 16.4. The molecular weight excluding hydrogens is 323 g/mol. The lowest BCUT2D eigenvalue weighted by atomic mass is 10.1. The standard InChI is InChI=1S/C19H17FN2OS/c20-15-10-8-14(9-11-15)19(17-7-4-12-24-17)21-13-18(23)22-16-5-2-1-3-6-16/h1-12,19,21H,13H2,(H,22,23). The minimum atomic E-state index is -0.273. The van der Waals surface area contributed by atoms with Crippen molar-refractivity contribution in [3.8, 4) is 0 Å². The molecule has 1 aromatic heterocycles. The van der Waals surface area contributed by atoms with E-state index in [4.69, 9.17) is 0 Å². The van der Waals surface area contributed by atoms with Gasteiger partial charge in [0.1, 0.15) is 5.82 Å². The van der Waals surface area contributed by atoms with Crippen molar-refractivity contribution in [2.45, 2.75) is 6.04 Å². The number of carbonyl (C=O) groups is 1. The molecule has 0 bridgehead atoms. The number of thiophene rings is 1. The van der Waals surface area contributed by atoms with Gasteiger partial charge in [0.15, 0.2) is 0 Å². The van der Waals surface area contributed by atoms with Crippen molar-refractivity contribution in [3.63, 3.8) is 0 Å². The molecule has 3 nitrogen and oxygen atoms in total. The zero-order chi connectivity index (χ0) is 16.8. The van der Waals surface area contributed by atoms with Crippen LogP contribution in [0.2, 0.25) is 0 Å². The maximum atomic E-state index is 13.2. The molecule has 1 atom stereocenters. The van der Waals surface area contributed by atoms with Crippen LogP contribution in [0, 0.1) is 5.82 Å². The predicted octanol–water partition coefficient (Wildman–Crippen LogP) is 4.20. The third-order valence-electron chi connectivity index (χ3n) is 3.56. The van der Waals surface area contributed by atoms with E-state index < -0.39 is 0 Å². The molecule has 122 valence electrons. The highest BCUT2D eigenvalue weighted by atomic mass is 32.1. The molecule has 0 aliphatic heterocycles. The number of halogens is 1. The molecule has 0 saturated carbocycles. The first-order valence-electron chi connectivity index (χ1n) is 7.59. The van der Waals surface area contributed by atoms with Gasteiger partial charge in [-0.2, -0.15) is 0 Å². The summed E-state index contributed by atoms with van der Waals surface area (Å²) in [5.74, 6) is -0.393. The molecule has 0 spiro atoms. The second kappa shape index (κ2) is 7.86. The third kappa shape index (κ3) is 4.28. The van der Waals surface area contributed by atoms with Crippen LogP contribution >= 0.6 is 11.3 Å². The van der Waals surface area contributed by atoms with Crippen molar-refractivity contribution in [1.29, 1.82) is 0 Å². The van der Waals surface area contributed by atoms with Gasteiger partial charge in [0.05, 0.1) is 12.6 Å². The summed E-state index contributed by atoms with van der Waals surface area (Å²) in [7, 11) is 0. The van der Waals surface area contributed by atoms with E-state index in [2.05, 4.69) is 10.6 Å². The van der Waals surface area contributed by atoms with Crippen molar-refractivity contribution in [3.05, 3.63) is 88.4 Å². The fourth-order valence-electron chi connectivity index (χ4n) is 2.41. The normalized spacial score (nSPS) is 11.9. The van der Waals surface area contributed by atoms with Crippen LogP contribution in [0.4, 0.5) is 10.1 Å². The zero-order valence-corrected chi connectivity index (χ0v) is 13.7. The topological polar surface area (TPSA) is 41.1 Å². The van der Waals surface area contributed by atoms with E-state index in [0.717, 1.165) is 16.1 Å². The van der Waals surface area contributed by atoms with Gasteiger partial charge < -0.3 is 5.32 Å². The SMILES string of the molecule is O=C(CNC(c1ccc(F)cc1)c1cccs1)Nc1ccccc1. The van der Waals surface area contributed by atoms with Gasteiger partial charge in [-0.25, -0.2) is 4.39 Å². The Labute approximate surface area is 144 Å². The Balaban J connectivity index is 1.68. The van der Waals surface area contributed by atoms with Crippen LogP contribution in [0.5, 0.6) is 0 Å². The van der Waals surface area contributed by atoms with Crippen molar-refractivity contribution >= 4 is 22.9 Å². The van der Waals surface area contributed by atoms with Gasteiger partial charge in [0, 0.05) is 10.6 Å². The largest absolute Gasteiger partial charge is 0.325 e. The van der Waals surface area contributed by atoms with Gasteiger partial charge >= 0.3 is 0 Å². The van der Waals surface area contributed by atoms with Crippen molar-refractivity contribution in [1.82, 2.24) is 5.32 Å². The van der Waals surface area contributed by atoms with E-state index in [1.54, 1.807) is 23.5 Å². The Morgan fingerprint density at radius 1 is 1.00 bits per heavy atom. The van der Waals surface area contributed by atoms with Crippen LogP contribution in [0.25, 0.3) is 0 Å². The molecule has 3 aromatic rings. The highest BCUT2D eigenvalue weighted by Gasteiger charge is 2.16. The van der Waals surface area contributed by atoms with Crippen LogP contribution in [0.1, 0.15) is 16.5 Å². The fraction of sp³-hybridized carbons (Fsp3) is 0.105. The van der Waals surface area contributed by atoms with Crippen molar-refractivity contribution in [2.24, 2.45) is 0 Å². The highest BCUT2D eigenvalue weighted by Crippen LogP contribution is 2.26. The first-order valence-corrected chi connectivity index (χ1v) is 8.47. The number of benzene rings is 2. The number of hydrogen-bond donors (Lipinski definition) is 2. The van der Waals surface area contributed by atoms with Gasteiger partial charge in [0.25, 0.3) is 0 Å². The molecule has 24 heavy (non-hydrogen) atoms. The number of nitrogens with one attached hydrogen (secondary N) is 2. The predicted molar refractivity (Wildman–Crippen MR) is 95.6 cm³/mol. The zero-order valence-electron chi connectivity index (χ0n) is 12.9. The van der Waals surface area contributed by atoms with E-state index in [1.807, 2.05) is 47.8 Å². The van der Waals surface area contributed by atoms with Gasteiger partial charge in [-0.05, 0) is 41.3 Å².